The molecule has 11 nitrogen and oxygen atoms in total. The Kier molecular flexibility index (Phi) is 7.78. The third-order valence-electron chi connectivity index (χ3n) is 11.0. The minimum absolute atomic E-state index is 0.0794. The lowest BCUT2D eigenvalue weighted by molar-refractivity contribution is -0.136. The Morgan fingerprint density at radius 2 is 1.75 bits per heavy atom. The molecule has 0 spiro atoms. The van der Waals surface area contributed by atoms with E-state index in [9.17, 15) is 24.4 Å². The molecule has 0 bridgehead atoms. The van der Waals surface area contributed by atoms with E-state index in [4.69, 9.17) is 4.52 Å². The second kappa shape index (κ2) is 12.2. The number of carbonyl (C=O) groups is 4. The van der Waals surface area contributed by atoms with Gasteiger partial charge in [0.1, 0.15) is 11.8 Å². The normalized spacial score (nSPS) is 21.6. The number of imide groups is 2. The summed E-state index contributed by atoms with van der Waals surface area (Å²) >= 11 is 0. The van der Waals surface area contributed by atoms with Crippen molar-refractivity contribution in [3.05, 3.63) is 94.4 Å². The number of aromatic nitrogens is 1. The lowest BCUT2D eigenvalue weighted by Gasteiger charge is -2.28. The van der Waals surface area contributed by atoms with E-state index in [2.05, 4.69) is 76.1 Å². The van der Waals surface area contributed by atoms with Crippen molar-refractivity contribution in [3.63, 3.8) is 0 Å². The first-order valence-corrected chi connectivity index (χ1v) is 17.5. The highest BCUT2D eigenvalue weighted by molar-refractivity contribution is 6.23. The number of rotatable bonds is 10. The third kappa shape index (κ3) is 5.74. The number of nitrogens with one attached hydrogen (secondary N) is 2. The van der Waals surface area contributed by atoms with Crippen LogP contribution < -0.4 is 15.5 Å². The molecule has 2 aliphatic heterocycles. The van der Waals surface area contributed by atoms with Gasteiger partial charge in [-0.05, 0) is 111 Å². The Labute approximate surface area is 295 Å². The zero-order valence-electron chi connectivity index (χ0n) is 28.8. The number of fused-ring (bicyclic) bond motifs is 1. The minimum Gasteiger partial charge on any atom is -0.385 e. The Hall–Kier alpha value is -5.76. The average Bonchev–Trinajstić information content (AvgIpc) is 4.04. The second-order valence-electron chi connectivity index (χ2n) is 14.4. The Balaban J connectivity index is 0.996. The largest absolute Gasteiger partial charge is 0.385 e. The van der Waals surface area contributed by atoms with Crippen LogP contribution in [-0.2, 0) is 15.0 Å². The molecule has 2 N–H and O–H groups in total. The number of hydrogen-bond donors (Lipinski definition) is 2. The minimum atomic E-state index is -0.993. The lowest BCUT2D eigenvalue weighted by atomic mass is 9.97. The second-order valence-corrected chi connectivity index (χ2v) is 14.4. The van der Waals surface area contributed by atoms with Gasteiger partial charge in [-0.25, -0.2) is 0 Å². The zero-order chi connectivity index (χ0) is 35.6. The number of piperidine rings is 1. The lowest BCUT2D eigenvalue weighted by Crippen LogP contribution is -2.54. The monoisotopic (exact) mass is 682 g/mol. The molecule has 3 fully saturated rings. The molecule has 1 unspecified atom stereocenters. The molecule has 258 valence electrons. The van der Waals surface area contributed by atoms with Gasteiger partial charge < -0.3 is 14.7 Å². The van der Waals surface area contributed by atoms with Crippen LogP contribution in [0, 0.1) is 43.9 Å². The molecule has 11 heteroatoms. The molecule has 2 aliphatic carbocycles. The first-order valence-electron chi connectivity index (χ1n) is 17.5. The number of nitriles is 1. The Bertz CT molecular complexity index is 2140. The smallest absolute Gasteiger partial charge is 0.262 e. The van der Waals surface area contributed by atoms with Crippen molar-refractivity contribution in [1.82, 2.24) is 15.4 Å². The van der Waals surface area contributed by atoms with Crippen LogP contribution in [-0.4, -0.2) is 52.8 Å². The van der Waals surface area contributed by atoms with Gasteiger partial charge in [0.15, 0.2) is 0 Å². The molecule has 4 amide bonds. The maximum Gasteiger partial charge on any atom is 0.262 e. The molecule has 4 aromatic rings. The van der Waals surface area contributed by atoms with Crippen LogP contribution in [0.25, 0.3) is 11.1 Å². The predicted molar refractivity (Wildman–Crippen MR) is 189 cm³/mol. The van der Waals surface area contributed by atoms with Crippen molar-refractivity contribution < 1.29 is 23.7 Å². The number of aryl methyl sites for hydroxylation is 3. The number of hydrogen-bond acceptors (Lipinski definition) is 9. The van der Waals surface area contributed by atoms with Gasteiger partial charge in [0.2, 0.25) is 11.8 Å². The summed E-state index contributed by atoms with van der Waals surface area (Å²) in [5.41, 5.74) is 8.16. The van der Waals surface area contributed by atoms with Gasteiger partial charge in [-0.2, -0.15) is 5.26 Å². The Morgan fingerprint density at radius 1 is 0.980 bits per heavy atom. The molecule has 8 rings (SSSR count). The number of nitrogens with zero attached hydrogens (tertiary/aromatic N) is 4. The average molecular weight is 683 g/mol. The standard InChI is InChI=1S/C40H38N6O5/c1-22-4-5-25(36-23(2)44-51-24(36)3)17-34(22)45(30-9-6-28(7-10-30)40(21-41)14-15-40)20-27-16-26(27)19-42-29-8-11-31-32(18-29)39(50)46(38(31)49)33-12-13-35(47)43-37(33)48/h4-11,17-18,26-27,33,42H,12-16,19-20H2,1-3H3,(H,43,47,48)/t26-,27-,33?/m1/s1. The van der Waals surface area contributed by atoms with E-state index in [0.717, 1.165) is 81.5 Å². The van der Waals surface area contributed by atoms with E-state index in [1.807, 2.05) is 13.8 Å². The summed E-state index contributed by atoms with van der Waals surface area (Å²) in [5.74, 6) is -0.495. The van der Waals surface area contributed by atoms with Crippen LogP contribution in [0.2, 0.25) is 0 Å². The molecule has 3 heterocycles. The fourth-order valence-electron chi connectivity index (χ4n) is 7.69. The van der Waals surface area contributed by atoms with Gasteiger partial charge in [0, 0.05) is 42.1 Å². The van der Waals surface area contributed by atoms with Crippen molar-refractivity contribution >= 4 is 40.7 Å². The summed E-state index contributed by atoms with van der Waals surface area (Å²) in [5, 5.41) is 19.7. The van der Waals surface area contributed by atoms with Crippen LogP contribution in [0.5, 0.6) is 0 Å². The molecule has 51 heavy (non-hydrogen) atoms. The predicted octanol–water partition coefficient (Wildman–Crippen LogP) is 6.11. The van der Waals surface area contributed by atoms with Crippen molar-refractivity contribution in [2.24, 2.45) is 11.8 Å². The van der Waals surface area contributed by atoms with Gasteiger partial charge >= 0.3 is 0 Å². The molecule has 3 aromatic carbocycles. The summed E-state index contributed by atoms with van der Waals surface area (Å²) in [6.45, 7) is 7.49. The van der Waals surface area contributed by atoms with E-state index in [1.54, 1.807) is 18.2 Å². The molecule has 1 saturated heterocycles. The van der Waals surface area contributed by atoms with Gasteiger partial charge in [0.25, 0.3) is 11.8 Å². The fourth-order valence-corrected chi connectivity index (χ4v) is 7.69. The van der Waals surface area contributed by atoms with E-state index < -0.39 is 29.7 Å². The van der Waals surface area contributed by atoms with Crippen LogP contribution >= 0.6 is 0 Å². The van der Waals surface area contributed by atoms with Crippen molar-refractivity contribution in [1.29, 1.82) is 5.26 Å². The zero-order valence-corrected chi connectivity index (χ0v) is 28.8. The number of anilines is 3. The molecular weight excluding hydrogens is 644 g/mol. The highest BCUT2D eigenvalue weighted by atomic mass is 16.5. The molecule has 4 aliphatic rings. The van der Waals surface area contributed by atoms with E-state index >= 15 is 0 Å². The maximum atomic E-state index is 13.3. The molecular formula is C40H38N6O5. The molecule has 1 aromatic heterocycles. The first kappa shape index (κ1) is 32.4. The van der Waals surface area contributed by atoms with Crippen LogP contribution in [0.1, 0.15) is 75.4 Å². The topological polar surface area (TPSA) is 149 Å². The maximum absolute atomic E-state index is 13.3. The number of benzene rings is 3. The van der Waals surface area contributed by atoms with E-state index in [0.29, 0.717) is 18.4 Å². The van der Waals surface area contributed by atoms with Gasteiger partial charge in [-0.1, -0.05) is 29.4 Å². The van der Waals surface area contributed by atoms with E-state index in [1.165, 1.54) is 0 Å². The van der Waals surface area contributed by atoms with Gasteiger partial charge in [-0.3, -0.25) is 29.4 Å². The van der Waals surface area contributed by atoms with Gasteiger partial charge in [0.05, 0.1) is 28.3 Å². The first-order chi connectivity index (χ1) is 24.6. The number of carbonyl (C=O) groups excluding carboxylic acids is 4. The summed E-state index contributed by atoms with van der Waals surface area (Å²) in [7, 11) is 0. The Morgan fingerprint density at radius 3 is 2.43 bits per heavy atom. The summed E-state index contributed by atoms with van der Waals surface area (Å²) in [6, 6.07) is 21.5. The van der Waals surface area contributed by atoms with Crippen molar-refractivity contribution in [2.45, 2.75) is 64.3 Å². The summed E-state index contributed by atoms with van der Waals surface area (Å²) < 4.78 is 5.49. The van der Waals surface area contributed by atoms with Gasteiger partial charge in [-0.15, -0.1) is 0 Å². The summed E-state index contributed by atoms with van der Waals surface area (Å²) in [4.78, 5) is 53.9. The number of amides is 4. The molecule has 3 atom stereocenters. The fraction of sp³-hybridized carbons (Fsp3) is 0.350. The third-order valence-corrected chi connectivity index (χ3v) is 11.0. The van der Waals surface area contributed by atoms with Crippen LogP contribution in [0.15, 0.2) is 65.2 Å². The van der Waals surface area contributed by atoms with Crippen molar-refractivity contribution in [3.8, 4) is 17.2 Å². The van der Waals surface area contributed by atoms with E-state index in [-0.39, 0.29) is 29.4 Å². The molecule has 0 radical (unpaired) electrons. The summed E-state index contributed by atoms with van der Waals surface area (Å²) in [6.07, 6.45) is 3.02. The van der Waals surface area contributed by atoms with Crippen molar-refractivity contribution in [2.75, 3.05) is 23.3 Å². The van der Waals surface area contributed by atoms with Crippen LogP contribution in [0.3, 0.4) is 0 Å². The highest BCUT2D eigenvalue weighted by Gasteiger charge is 2.46. The highest BCUT2D eigenvalue weighted by Crippen LogP contribution is 2.48. The van der Waals surface area contributed by atoms with Crippen LogP contribution in [0.4, 0.5) is 17.1 Å². The molecule has 2 saturated carbocycles. The quantitative estimate of drug-likeness (QED) is 0.189. The SMILES string of the molecule is Cc1ccc(-c2c(C)noc2C)cc1N(C[C@H]1C[C@@H]1CNc1ccc2c(c1)C(=O)N(C1CCC(=O)NC1=O)C2=O)c1ccc(C2(C#N)CC2)cc1.